The Morgan fingerprint density at radius 2 is 2.13 bits per heavy atom. The van der Waals surface area contributed by atoms with E-state index < -0.39 is 0 Å². The van der Waals surface area contributed by atoms with E-state index in [-0.39, 0.29) is 0 Å². The lowest BCUT2D eigenvalue weighted by molar-refractivity contribution is 0.112. The van der Waals surface area contributed by atoms with E-state index in [0.717, 1.165) is 36.0 Å². The van der Waals surface area contributed by atoms with Crippen molar-refractivity contribution in [1.29, 1.82) is 0 Å². The molecule has 1 aromatic rings. The maximum absolute atomic E-state index is 10.7. The predicted molar refractivity (Wildman–Crippen MR) is 67.7 cm³/mol. The van der Waals surface area contributed by atoms with Gasteiger partial charge in [-0.3, -0.25) is 4.79 Å². The monoisotopic (exact) mass is 269 g/mol. The van der Waals surface area contributed by atoms with Crippen molar-refractivity contribution in [2.75, 3.05) is 18.0 Å². The van der Waals surface area contributed by atoms with E-state index in [1.807, 2.05) is 18.2 Å². The van der Waals surface area contributed by atoms with Crippen molar-refractivity contribution in [1.82, 2.24) is 0 Å². The van der Waals surface area contributed by atoms with E-state index >= 15 is 0 Å². The fraction of sp³-hybridized carbons (Fsp3) is 0.417. The summed E-state index contributed by atoms with van der Waals surface area (Å²) in [4.78, 5) is 13.0. The average Bonchev–Trinajstić information content (AvgIpc) is 2.25. The largest absolute Gasteiger partial charge is 0.372 e. The van der Waals surface area contributed by atoms with Crippen molar-refractivity contribution in [3.63, 3.8) is 0 Å². The van der Waals surface area contributed by atoms with Gasteiger partial charge in [-0.1, -0.05) is 6.92 Å². The minimum Gasteiger partial charge on any atom is -0.372 e. The summed E-state index contributed by atoms with van der Waals surface area (Å²) in [6.07, 6.45) is 1.99. The summed E-state index contributed by atoms with van der Waals surface area (Å²) in [6, 6.07) is 5.85. The highest BCUT2D eigenvalue weighted by atomic mass is 79.9. The smallest absolute Gasteiger partial charge is 0.151 e. The summed E-state index contributed by atoms with van der Waals surface area (Å²) in [5.74, 6) is 0. The lowest BCUT2D eigenvalue weighted by atomic mass is 10.2. The molecule has 1 aromatic carbocycles. The number of carbonyl (C=O) groups excluding carboxylic acids is 1. The number of carbonyl (C=O) groups is 1. The van der Waals surface area contributed by atoms with Crippen molar-refractivity contribution >= 4 is 27.9 Å². The zero-order chi connectivity index (χ0) is 11.3. The molecule has 3 heteroatoms. The number of benzene rings is 1. The second-order valence-corrected chi connectivity index (χ2v) is 4.26. The zero-order valence-corrected chi connectivity index (χ0v) is 10.8. The van der Waals surface area contributed by atoms with Crippen LogP contribution in [0.3, 0.4) is 0 Å². The van der Waals surface area contributed by atoms with Crippen LogP contribution in [0.15, 0.2) is 22.7 Å². The first-order valence-electron chi connectivity index (χ1n) is 5.22. The van der Waals surface area contributed by atoms with Gasteiger partial charge in [0.1, 0.15) is 0 Å². The predicted octanol–water partition coefficient (Wildman–Crippen LogP) is 3.50. The van der Waals surface area contributed by atoms with Gasteiger partial charge in [-0.2, -0.15) is 0 Å². The van der Waals surface area contributed by atoms with Crippen LogP contribution in [0.5, 0.6) is 0 Å². The van der Waals surface area contributed by atoms with Crippen LogP contribution < -0.4 is 4.90 Å². The minimum absolute atomic E-state index is 0.700. The third-order valence-electron chi connectivity index (χ3n) is 2.35. The van der Waals surface area contributed by atoms with Gasteiger partial charge in [0.2, 0.25) is 0 Å². The Labute approximate surface area is 99.4 Å². The minimum atomic E-state index is 0.700. The number of rotatable bonds is 5. The van der Waals surface area contributed by atoms with Crippen LogP contribution in [0.2, 0.25) is 0 Å². The molecule has 0 saturated carbocycles. The van der Waals surface area contributed by atoms with Crippen LogP contribution in [0.1, 0.15) is 30.6 Å². The molecule has 2 nitrogen and oxygen atoms in total. The third-order valence-corrected chi connectivity index (χ3v) is 3.04. The van der Waals surface area contributed by atoms with E-state index in [1.165, 1.54) is 0 Å². The molecule has 0 heterocycles. The molecule has 0 radical (unpaired) electrons. The van der Waals surface area contributed by atoms with E-state index in [2.05, 4.69) is 34.7 Å². The first kappa shape index (κ1) is 12.2. The lowest BCUT2D eigenvalue weighted by Crippen LogP contribution is -2.23. The topological polar surface area (TPSA) is 20.3 Å². The van der Waals surface area contributed by atoms with Gasteiger partial charge in [-0.15, -0.1) is 0 Å². The van der Waals surface area contributed by atoms with Crippen molar-refractivity contribution < 1.29 is 4.79 Å². The first-order valence-corrected chi connectivity index (χ1v) is 6.01. The van der Waals surface area contributed by atoms with Crippen LogP contribution in [0.25, 0.3) is 0 Å². The number of hydrogen-bond acceptors (Lipinski definition) is 2. The SMILES string of the molecule is CCCN(CC)c1ccc(C=O)c(Br)c1. The van der Waals surface area contributed by atoms with Gasteiger partial charge >= 0.3 is 0 Å². The average molecular weight is 270 g/mol. The molecule has 0 saturated heterocycles. The van der Waals surface area contributed by atoms with Crippen LogP contribution in [0.4, 0.5) is 5.69 Å². The quantitative estimate of drug-likeness (QED) is 0.763. The second kappa shape index (κ2) is 5.91. The highest BCUT2D eigenvalue weighted by Gasteiger charge is 2.05. The molecule has 0 fully saturated rings. The van der Waals surface area contributed by atoms with Gasteiger partial charge in [-0.05, 0) is 47.5 Å². The van der Waals surface area contributed by atoms with Crippen LogP contribution >= 0.6 is 15.9 Å². The zero-order valence-electron chi connectivity index (χ0n) is 9.16. The first-order chi connectivity index (χ1) is 7.22. The number of nitrogens with zero attached hydrogens (tertiary/aromatic N) is 1. The normalized spacial score (nSPS) is 10.1. The number of aldehydes is 1. The summed E-state index contributed by atoms with van der Waals surface area (Å²) in [7, 11) is 0. The summed E-state index contributed by atoms with van der Waals surface area (Å²) < 4.78 is 0.865. The van der Waals surface area contributed by atoms with Gasteiger partial charge in [-0.25, -0.2) is 0 Å². The van der Waals surface area contributed by atoms with Crippen LogP contribution in [-0.2, 0) is 0 Å². The highest BCUT2D eigenvalue weighted by Crippen LogP contribution is 2.23. The van der Waals surface area contributed by atoms with Crippen molar-refractivity contribution in [2.24, 2.45) is 0 Å². The molecular weight excluding hydrogens is 254 g/mol. The Bertz CT molecular complexity index is 338. The Kier molecular flexibility index (Phi) is 4.82. The maximum atomic E-state index is 10.7. The number of anilines is 1. The van der Waals surface area contributed by atoms with E-state index in [9.17, 15) is 4.79 Å². The Hall–Kier alpha value is -0.830. The van der Waals surface area contributed by atoms with E-state index in [0.29, 0.717) is 5.56 Å². The molecule has 0 unspecified atom stereocenters. The van der Waals surface area contributed by atoms with E-state index in [1.54, 1.807) is 0 Å². The van der Waals surface area contributed by atoms with Gasteiger partial charge < -0.3 is 4.90 Å². The fourth-order valence-corrected chi connectivity index (χ4v) is 2.01. The molecular formula is C12H16BrNO. The van der Waals surface area contributed by atoms with Crippen molar-refractivity contribution in [3.8, 4) is 0 Å². The van der Waals surface area contributed by atoms with Gasteiger partial charge in [0, 0.05) is 28.8 Å². The molecule has 0 spiro atoms. The molecule has 0 aliphatic heterocycles. The maximum Gasteiger partial charge on any atom is 0.151 e. The van der Waals surface area contributed by atoms with Crippen LogP contribution in [0, 0.1) is 0 Å². The Morgan fingerprint density at radius 1 is 1.40 bits per heavy atom. The molecule has 0 atom stereocenters. The lowest BCUT2D eigenvalue weighted by Gasteiger charge is -2.22. The van der Waals surface area contributed by atoms with Crippen LogP contribution in [-0.4, -0.2) is 19.4 Å². The van der Waals surface area contributed by atoms with Crippen molar-refractivity contribution in [2.45, 2.75) is 20.3 Å². The molecule has 0 N–H and O–H groups in total. The Balaban J connectivity index is 2.94. The molecule has 1 rings (SSSR count). The molecule has 82 valence electrons. The molecule has 15 heavy (non-hydrogen) atoms. The van der Waals surface area contributed by atoms with Gasteiger partial charge in [0.15, 0.2) is 6.29 Å². The summed E-state index contributed by atoms with van der Waals surface area (Å²) >= 11 is 3.40. The molecule has 0 aromatic heterocycles. The molecule has 0 aliphatic rings. The molecule has 0 amide bonds. The Morgan fingerprint density at radius 3 is 2.60 bits per heavy atom. The summed E-state index contributed by atoms with van der Waals surface area (Å²) in [5, 5.41) is 0. The summed E-state index contributed by atoms with van der Waals surface area (Å²) in [6.45, 7) is 6.33. The fourth-order valence-electron chi connectivity index (χ4n) is 1.55. The van der Waals surface area contributed by atoms with E-state index in [4.69, 9.17) is 0 Å². The molecule has 0 aliphatic carbocycles. The third kappa shape index (κ3) is 3.06. The standard InChI is InChI=1S/C12H16BrNO/c1-3-7-14(4-2)11-6-5-10(9-15)12(13)8-11/h5-6,8-9H,3-4,7H2,1-2H3. The summed E-state index contributed by atoms with van der Waals surface area (Å²) in [5.41, 5.74) is 1.86. The van der Waals surface area contributed by atoms with Gasteiger partial charge in [0.05, 0.1) is 0 Å². The number of hydrogen-bond donors (Lipinski definition) is 0. The number of halogens is 1. The van der Waals surface area contributed by atoms with Crippen molar-refractivity contribution in [3.05, 3.63) is 28.2 Å². The molecule has 0 bridgehead atoms. The highest BCUT2D eigenvalue weighted by molar-refractivity contribution is 9.10. The van der Waals surface area contributed by atoms with Gasteiger partial charge in [0.25, 0.3) is 0 Å². The second-order valence-electron chi connectivity index (χ2n) is 3.40.